The fourth-order valence-corrected chi connectivity index (χ4v) is 1.85. The minimum atomic E-state index is -0.310. The van der Waals surface area contributed by atoms with Crippen LogP contribution in [0.15, 0.2) is 42.5 Å². The molecule has 0 radical (unpaired) electrons. The molecule has 0 aromatic heterocycles. The van der Waals surface area contributed by atoms with E-state index in [1.54, 1.807) is 13.0 Å². The van der Waals surface area contributed by atoms with E-state index in [4.69, 9.17) is 9.47 Å². The van der Waals surface area contributed by atoms with Gasteiger partial charge in [-0.2, -0.15) is 0 Å². The summed E-state index contributed by atoms with van der Waals surface area (Å²) in [5.74, 6) is 0.0319. The third-order valence-electron chi connectivity index (χ3n) is 2.86. The summed E-state index contributed by atoms with van der Waals surface area (Å²) < 4.78 is 10.5. The van der Waals surface area contributed by atoms with Crippen molar-refractivity contribution in [3.05, 3.63) is 48.0 Å². The van der Waals surface area contributed by atoms with Gasteiger partial charge in [-0.05, 0) is 12.5 Å². The highest BCUT2D eigenvalue weighted by atomic mass is 16.6. The molecule has 1 aliphatic heterocycles. The standard InChI is InChI=1S/C14H16O3/c1-2-6-14(15)17-10-13-12(9-16-13)11-7-4-3-5-8-11/h2-8,12-13H,9-10H2,1H3. The first-order chi connectivity index (χ1) is 8.31. The lowest BCUT2D eigenvalue weighted by Crippen LogP contribution is -2.41. The van der Waals surface area contributed by atoms with Gasteiger partial charge in [-0.3, -0.25) is 0 Å². The van der Waals surface area contributed by atoms with Gasteiger partial charge in [0.05, 0.1) is 6.61 Å². The Morgan fingerprint density at radius 2 is 2.24 bits per heavy atom. The molecule has 1 saturated heterocycles. The molecule has 17 heavy (non-hydrogen) atoms. The van der Waals surface area contributed by atoms with Gasteiger partial charge in [0, 0.05) is 12.0 Å². The highest BCUT2D eigenvalue weighted by molar-refractivity contribution is 5.81. The van der Waals surface area contributed by atoms with Gasteiger partial charge in [0.1, 0.15) is 12.7 Å². The van der Waals surface area contributed by atoms with E-state index in [1.165, 1.54) is 11.6 Å². The molecule has 2 atom stereocenters. The maximum Gasteiger partial charge on any atom is 0.330 e. The highest BCUT2D eigenvalue weighted by Crippen LogP contribution is 2.31. The average molecular weight is 232 g/mol. The van der Waals surface area contributed by atoms with Gasteiger partial charge in [-0.25, -0.2) is 4.79 Å². The first-order valence-electron chi connectivity index (χ1n) is 5.77. The largest absolute Gasteiger partial charge is 0.460 e. The molecule has 3 nitrogen and oxygen atoms in total. The molecule has 0 N–H and O–H groups in total. The lowest BCUT2D eigenvalue weighted by Gasteiger charge is -2.36. The number of carbonyl (C=O) groups excluding carboxylic acids is 1. The molecule has 0 saturated carbocycles. The summed E-state index contributed by atoms with van der Waals surface area (Å²) >= 11 is 0. The zero-order valence-electron chi connectivity index (χ0n) is 9.84. The van der Waals surface area contributed by atoms with Gasteiger partial charge < -0.3 is 9.47 Å². The molecule has 1 aliphatic rings. The minimum Gasteiger partial charge on any atom is -0.460 e. The summed E-state index contributed by atoms with van der Waals surface area (Å²) in [5.41, 5.74) is 1.24. The zero-order chi connectivity index (χ0) is 12.1. The molecular formula is C14H16O3. The Kier molecular flexibility index (Phi) is 3.94. The molecule has 0 amide bonds. The predicted molar refractivity (Wildman–Crippen MR) is 64.7 cm³/mol. The summed E-state index contributed by atoms with van der Waals surface area (Å²) in [4.78, 5) is 11.2. The van der Waals surface area contributed by atoms with Crippen LogP contribution < -0.4 is 0 Å². The van der Waals surface area contributed by atoms with Crippen LogP contribution in [0.1, 0.15) is 18.4 Å². The number of hydrogen-bond donors (Lipinski definition) is 0. The van der Waals surface area contributed by atoms with E-state index in [0.717, 1.165) is 0 Å². The van der Waals surface area contributed by atoms with E-state index in [-0.39, 0.29) is 12.1 Å². The lowest BCUT2D eigenvalue weighted by molar-refractivity contribution is -0.152. The molecule has 0 bridgehead atoms. The smallest absolute Gasteiger partial charge is 0.330 e. The van der Waals surface area contributed by atoms with Crippen molar-refractivity contribution in [2.45, 2.75) is 18.9 Å². The summed E-state index contributed by atoms with van der Waals surface area (Å²) in [6.07, 6.45) is 3.07. The van der Waals surface area contributed by atoms with Gasteiger partial charge in [-0.1, -0.05) is 36.4 Å². The van der Waals surface area contributed by atoms with Crippen LogP contribution in [0.4, 0.5) is 0 Å². The molecule has 3 heteroatoms. The normalized spacial score (nSPS) is 23.4. The second kappa shape index (κ2) is 5.64. The van der Waals surface area contributed by atoms with Crippen LogP contribution in [0.5, 0.6) is 0 Å². The van der Waals surface area contributed by atoms with Crippen molar-refractivity contribution in [2.24, 2.45) is 0 Å². The van der Waals surface area contributed by atoms with Crippen molar-refractivity contribution in [3.63, 3.8) is 0 Å². The van der Waals surface area contributed by atoms with Crippen molar-refractivity contribution in [1.82, 2.24) is 0 Å². The average Bonchev–Trinajstić information content (AvgIpc) is 2.29. The molecule has 1 heterocycles. The van der Waals surface area contributed by atoms with E-state index in [9.17, 15) is 4.79 Å². The quantitative estimate of drug-likeness (QED) is 0.590. The second-order valence-electron chi connectivity index (χ2n) is 4.02. The maximum absolute atomic E-state index is 11.2. The molecule has 1 aromatic carbocycles. The number of allylic oxidation sites excluding steroid dienone is 1. The van der Waals surface area contributed by atoms with E-state index in [0.29, 0.717) is 19.1 Å². The minimum absolute atomic E-state index is 0.00777. The Balaban J connectivity index is 1.85. The Hall–Kier alpha value is -1.61. The maximum atomic E-state index is 11.2. The zero-order valence-corrected chi connectivity index (χ0v) is 9.84. The van der Waals surface area contributed by atoms with Crippen LogP contribution in [-0.2, 0) is 14.3 Å². The van der Waals surface area contributed by atoms with Gasteiger partial charge in [0.15, 0.2) is 0 Å². The van der Waals surface area contributed by atoms with E-state index < -0.39 is 0 Å². The summed E-state index contributed by atoms with van der Waals surface area (Å²) in [6, 6.07) is 10.2. The van der Waals surface area contributed by atoms with Crippen molar-refractivity contribution in [1.29, 1.82) is 0 Å². The predicted octanol–water partition coefficient (Wildman–Crippen LogP) is 2.29. The number of carbonyl (C=O) groups is 1. The van der Waals surface area contributed by atoms with E-state index in [2.05, 4.69) is 12.1 Å². The highest BCUT2D eigenvalue weighted by Gasteiger charge is 2.34. The van der Waals surface area contributed by atoms with Crippen LogP contribution in [0.3, 0.4) is 0 Å². The first kappa shape index (κ1) is 11.9. The fourth-order valence-electron chi connectivity index (χ4n) is 1.85. The van der Waals surface area contributed by atoms with Crippen LogP contribution >= 0.6 is 0 Å². The first-order valence-corrected chi connectivity index (χ1v) is 5.77. The van der Waals surface area contributed by atoms with Crippen molar-refractivity contribution in [2.75, 3.05) is 13.2 Å². The molecule has 2 rings (SSSR count). The third-order valence-corrected chi connectivity index (χ3v) is 2.86. The second-order valence-corrected chi connectivity index (χ2v) is 4.02. The van der Waals surface area contributed by atoms with Crippen LogP contribution in [-0.4, -0.2) is 25.3 Å². The summed E-state index contributed by atoms with van der Waals surface area (Å²) in [7, 11) is 0. The van der Waals surface area contributed by atoms with Gasteiger partial charge in [0.25, 0.3) is 0 Å². The van der Waals surface area contributed by atoms with Gasteiger partial charge in [0.2, 0.25) is 0 Å². The van der Waals surface area contributed by atoms with Gasteiger partial charge >= 0.3 is 5.97 Å². The number of rotatable bonds is 4. The fraction of sp³-hybridized carbons (Fsp3) is 0.357. The van der Waals surface area contributed by atoms with E-state index >= 15 is 0 Å². The topological polar surface area (TPSA) is 35.5 Å². The summed E-state index contributed by atoms with van der Waals surface area (Å²) in [5, 5.41) is 0. The molecule has 1 fully saturated rings. The Labute approximate surface area is 101 Å². The molecular weight excluding hydrogens is 216 g/mol. The monoisotopic (exact) mass is 232 g/mol. The van der Waals surface area contributed by atoms with Crippen molar-refractivity contribution < 1.29 is 14.3 Å². The summed E-state index contributed by atoms with van der Waals surface area (Å²) in [6.45, 7) is 2.81. The van der Waals surface area contributed by atoms with Crippen molar-refractivity contribution in [3.8, 4) is 0 Å². The lowest BCUT2D eigenvalue weighted by atomic mass is 9.90. The van der Waals surface area contributed by atoms with E-state index in [1.807, 2.05) is 18.2 Å². The van der Waals surface area contributed by atoms with Crippen LogP contribution in [0, 0.1) is 0 Å². The number of hydrogen-bond acceptors (Lipinski definition) is 3. The Morgan fingerprint density at radius 3 is 2.82 bits per heavy atom. The van der Waals surface area contributed by atoms with Crippen molar-refractivity contribution >= 4 is 5.97 Å². The number of esters is 1. The van der Waals surface area contributed by atoms with Crippen LogP contribution in [0.25, 0.3) is 0 Å². The number of benzene rings is 1. The SMILES string of the molecule is CC=CC(=O)OCC1OCC1c1ccccc1. The Bertz CT molecular complexity index is 397. The van der Waals surface area contributed by atoms with Gasteiger partial charge in [-0.15, -0.1) is 0 Å². The molecule has 90 valence electrons. The molecule has 0 spiro atoms. The third kappa shape index (κ3) is 2.94. The molecule has 1 aromatic rings. The Morgan fingerprint density at radius 1 is 1.47 bits per heavy atom. The van der Waals surface area contributed by atoms with Crippen LogP contribution in [0.2, 0.25) is 0 Å². The number of ether oxygens (including phenoxy) is 2. The molecule has 2 unspecified atom stereocenters. The molecule has 0 aliphatic carbocycles.